The molecule has 1 heterocycles. The molecule has 0 spiro atoms. The number of aromatic nitrogens is 1. The van der Waals surface area contributed by atoms with E-state index < -0.39 is 11.6 Å². The van der Waals surface area contributed by atoms with Gasteiger partial charge in [0.15, 0.2) is 17.5 Å². The molecule has 0 radical (unpaired) electrons. The monoisotopic (exact) mass is 218 g/mol. The molecule has 0 aliphatic heterocycles. The van der Waals surface area contributed by atoms with Crippen molar-refractivity contribution in [1.29, 1.82) is 0 Å². The minimum absolute atomic E-state index is 0.165. The SMILES string of the molecule is CCC(C)Sc1nc(N)c(F)cc1F. The molecule has 0 aliphatic carbocycles. The largest absolute Gasteiger partial charge is 0.381 e. The first-order valence-electron chi connectivity index (χ1n) is 4.32. The lowest BCUT2D eigenvalue weighted by Gasteiger charge is -2.08. The number of nitrogens with two attached hydrogens (primary N) is 1. The van der Waals surface area contributed by atoms with Crippen molar-refractivity contribution in [3.8, 4) is 0 Å². The van der Waals surface area contributed by atoms with E-state index in [1.807, 2.05) is 13.8 Å². The number of anilines is 1. The topological polar surface area (TPSA) is 38.9 Å². The molecule has 1 atom stereocenters. The summed E-state index contributed by atoms with van der Waals surface area (Å²) in [5.41, 5.74) is 5.24. The number of nitrogen functional groups attached to an aromatic ring is 1. The van der Waals surface area contributed by atoms with Crippen LogP contribution in [0, 0.1) is 11.6 Å². The fourth-order valence-corrected chi connectivity index (χ4v) is 1.69. The quantitative estimate of drug-likeness (QED) is 0.793. The Morgan fingerprint density at radius 1 is 1.50 bits per heavy atom. The predicted octanol–water partition coefficient (Wildman–Crippen LogP) is 2.83. The smallest absolute Gasteiger partial charge is 0.168 e. The molecule has 78 valence electrons. The maximum absolute atomic E-state index is 13.1. The molecule has 5 heteroatoms. The van der Waals surface area contributed by atoms with Gasteiger partial charge in [-0.2, -0.15) is 0 Å². The van der Waals surface area contributed by atoms with Gasteiger partial charge in [-0.05, 0) is 6.42 Å². The molecule has 1 aromatic heterocycles. The van der Waals surface area contributed by atoms with Crippen LogP contribution in [0.2, 0.25) is 0 Å². The molecule has 0 saturated carbocycles. The lowest BCUT2D eigenvalue weighted by atomic mass is 10.4. The van der Waals surface area contributed by atoms with Gasteiger partial charge in [-0.3, -0.25) is 0 Å². The van der Waals surface area contributed by atoms with Crippen molar-refractivity contribution >= 4 is 17.6 Å². The van der Waals surface area contributed by atoms with Crippen LogP contribution >= 0.6 is 11.8 Å². The fourth-order valence-electron chi connectivity index (χ4n) is 0.820. The van der Waals surface area contributed by atoms with E-state index in [-0.39, 0.29) is 16.1 Å². The van der Waals surface area contributed by atoms with Crippen LogP contribution in [-0.2, 0) is 0 Å². The van der Waals surface area contributed by atoms with Crippen molar-refractivity contribution in [3.63, 3.8) is 0 Å². The molecule has 2 nitrogen and oxygen atoms in total. The van der Waals surface area contributed by atoms with Gasteiger partial charge in [0.25, 0.3) is 0 Å². The zero-order chi connectivity index (χ0) is 10.7. The van der Waals surface area contributed by atoms with Crippen LogP contribution in [0.15, 0.2) is 11.1 Å². The van der Waals surface area contributed by atoms with Crippen LogP contribution in [0.25, 0.3) is 0 Å². The first-order valence-corrected chi connectivity index (χ1v) is 5.20. The molecule has 2 N–H and O–H groups in total. The predicted molar refractivity (Wildman–Crippen MR) is 54.2 cm³/mol. The van der Waals surface area contributed by atoms with Gasteiger partial charge in [-0.25, -0.2) is 13.8 Å². The third-order valence-corrected chi connectivity index (χ3v) is 3.06. The summed E-state index contributed by atoms with van der Waals surface area (Å²) in [6.07, 6.45) is 0.892. The highest BCUT2D eigenvalue weighted by Crippen LogP contribution is 2.27. The molecular weight excluding hydrogens is 206 g/mol. The Morgan fingerprint density at radius 2 is 2.14 bits per heavy atom. The summed E-state index contributed by atoms with van der Waals surface area (Å²) < 4.78 is 25.9. The van der Waals surface area contributed by atoms with Crippen molar-refractivity contribution in [3.05, 3.63) is 17.7 Å². The highest BCUT2D eigenvalue weighted by atomic mass is 32.2. The first-order chi connectivity index (χ1) is 6.54. The van der Waals surface area contributed by atoms with Gasteiger partial charge in [-0.1, -0.05) is 13.8 Å². The molecule has 0 fully saturated rings. The average molecular weight is 218 g/mol. The summed E-state index contributed by atoms with van der Waals surface area (Å²) in [7, 11) is 0. The van der Waals surface area contributed by atoms with E-state index >= 15 is 0 Å². The zero-order valence-corrected chi connectivity index (χ0v) is 8.87. The molecule has 1 unspecified atom stereocenters. The Balaban J connectivity index is 2.92. The number of rotatable bonds is 3. The minimum Gasteiger partial charge on any atom is -0.381 e. The zero-order valence-electron chi connectivity index (χ0n) is 8.05. The molecule has 0 saturated heterocycles. The van der Waals surface area contributed by atoms with E-state index in [1.54, 1.807) is 0 Å². The first kappa shape index (κ1) is 11.2. The molecule has 0 amide bonds. The highest BCUT2D eigenvalue weighted by Gasteiger charge is 2.12. The molecule has 0 aromatic carbocycles. The van der Waals surface area contributed by atoms with Crippen LogP contribution in [-0.4, -0.2) is 10.2 Å². The van der Waals surface area contributed by atoms with Gasteiger partial charge in [0.05, 0.1) is 0 Å². The van der Waals surface area contributed by atoms with E-state index in [0.29, 0.717) is 0 Å². The van der Waals surface area contributed by atoms with Gasteiger partial charge in [0.1, 0.15) is 5.03 Å². The Hall–Kier alpha value is -0.840. The standard InChI is InChI=1S/C9H12F2N2S/c1-3-5(2)14-9-7(11)4-6(10)8(12)13-9/h4-5H,3H2,1-2H3,(H2,12,13). The summed E-state index contributed by atoms with van der Waals surface area (Å²) >= 11 is 1.26. The third kappa shape index (κ3) is 2.57. The Kier molecular flexibility index (Phi) is 3.69. The average Bonchev–Trinajstić information content (AvgIpc) is 2.14. The lowest BCUT2D eigenvalue weighted by molar-refractivity contribution is 0.552. The van der Waals surface area contributed by atoms with E-state index in [9.17, 15) is 8.78 Å². The molecule has 0 bridgehead atoms. The second-order valence-corrected chi connectivity index (χ2v) is 4.41. The van der Waals surface area contributed by atoms with Gasteiger partial charge in [-0.15, -0.1) is 11.8 Å². The lowest BCUT2D eigenvalue weighted by Crippen LogP contribution is -2.01. The molecule has 1 rings (SSSR count). The van der Waals surface area contributed by atoms with E-state index in [0.717, 1.165) is 12.5 Å². The molecule has 14 heavy (non-hydrogen) atoms. The summed E-state index contributed by atoms with van der Waals surface area (Å²) in [6.45, 7) is 3.94. The van der Waals surface area contributed by atoms with Crippen LogP contribution in [0.1, 0.15) is 20.3 Å². The second-order valence-electron chi connectivity index (χ2n) is 2.98. The van der Waals surface area contributed by atoms with Crippen LogP contribution in [0.3, 0.4) is 0 Å². The van der Waals surface area contributed by atoms with Crippen LogP contribution in [0.5, 0.6) is 0 Å². The number of nitrogens with zero attached hydrogens (tertiary/aromatic N) is 1. The normalized spacial score (nSPS) is 12.9. The maximum Gasteiger partial charge on any atom is 0.168 e. The number of hydrogen-bond acceptors (Lipinski definition) is 3. The van der Waals surface area contributed by atoms with Crippen molar-refractivity contribution < 1.29 is 8.78 Å². The van der Waals surface area contributed by atoms with E-state index in [4.69, 9.17) is 5.73 Å². The Morgan fingerprint density at radius 3 is 2.71 bits per heavy atom. The highest BCUT2D eigenvalue weighted by molar-refractivity contribution is 7.99. The van der Waals surface area contributed by atoms with Gasteiger partial charge >= 0.3 is 0 Å². The van der Waals surface area contributed by atoms with Crippen molar-refractivity contribution in [2.75, 3.05) is 5.73 Å². The van der Waals surface area contributed by atoms with Crippen molar-refractivity contribution in [2.24, 2.45) is 0 Å². The van der Waals surface area contributed by atoms with Crippen molar-refractivity contribution in [2.45, 2.75) is 30.5 Å². The summed E-state index contributed by atoms with van der Waals surface area (Å²) in [4.78, 5) is 3.65. The second kappa shape index (κ2) is 4.59. The minimum atomic E-state index is -0.809. The van der Waals surface area contributed by atoms with Crippen molar-refractivity contribution in [1.82, 2.24) is 4.98 Å². The number of pyridine rings is 1. The number of thioether (sulfide) groups is 1. The summed E-state index contributed by atoms with van der Waals surface area (Å²) in [6, 6.07) is 0.771. The van der Waals surface area contributed by atoms with Crippen LogP contribution in [0.4, 0.5) is 14.6 Å². The Bertz CT molecular complexity index is 331. The van der Waals surface area contributed by atoms with E-state index in [2.05, 4.69) is 4.98 Å². The van der Waals surface area contributed by atoms with Gasteiger partial charge in [0, 0.05) is 11.3 Å². The van der Waals surface area contributed by atoms with E-state index in [1.165, 1.54) is 11.8 Å². The van der Waals surface area contributed by atoms with Gasteiger partial charge in [0.2, 0.25) is 0 Å². The molecular formula is C9H12F2N2S. The molecule has 1 aromatic rings. The molecule has 0 aliphatic rings. The van der Waals surface area contributed by atoms with Gasteiger partial charge < -0.3 is 5.73 Å². The number of halogens is 2. The third-order valence-electron chi connectivity index (χ3n) is 1.81. The maximum atomic E-state index is 13.1. The summed E-state index contributed by atoms with van der Waals surface area (Å²) in [5.74, 6) is -1.71. The Labute approximate surface area is 85.9 Å². The fraction of sp³-hybridized carbons (Fsp3) is 0.444. The number of hydrogen-bond donors (Lipinski definition) is 1. The summed E-state index contributed by atoms with van der Waals surface area (Å²) in [5, 5.41) is 0.403. The van der Waals surface area contributed by atoms with Crippen LogP contribution < -0.4 is 5.73 Å².